The summed E-state index contributed by atoms with van der Waals surface area (Å²) < 4.78 is 0. The van der Waals surface area contributed by atoms with E-state index in [1.807, 2.05) is 6.07 Å². The van der Waals surface area contributed by atoms with E-state index < -0.39 is 0 Å². The zero-order chi connectivity index (χ0) is 23.5. The molecule has 0 amide bonds. The summed E-state index contributed by atoms with van der Waals surface area (Å²) in [4.78, 5) is 0. The minimum absolute atomic E-state index is 1.07. The molecule has 0 saturated carbocycles. The Morgan fingerprint density at radius 3 is 1.46 bits per heavy atom. The molecule has 166 valence electrons. The highest BCUT2D eigenvalue weighted by Crippen LogP contribution is 2.34. The van der Waals surface area contributed by atoms with Crippen LogP contribution in [0.2, 0.25) is 0 Å². The third kappa shape index (κ3) is 4.45. The zero-order valence-electron chi connectivity index (χ0n) is 19.4. The molecule has 0 aliphatic carbocycles. The highest BCUT2D eigenvalue weighted by atomic mass is 14.9. The number of benzene rings is 6. The Kier molecular flexibility index (Phi) is 5.58. The predicted octanol–water partition coefficient (Wildman–Crippen LogP) is 9.58. The van der Waals surface area contributed by atoms with Gasteiger partial charge < -0.3 is 5.32 Å². The van der Waals surface area contributed by atoms with Crippen molar-refractivity contribution in [3.8, 4) is 33.4 Å². The minimum Gasteiger partial charge on any atom is -0.356 e. The Bertz CT molecular complexity index is 1570. The minimum atomic E-state index is 1.07. The summed E-state index contributed by atoms with van der Waals surface area (Å²) in [5.74, 6) is 0. The van der Waals surface area contributed by atoms with Gasteiger partial charge in [0.2, 0.25) is 0 Å². The molecule has 0 fully saturated rings. The molecule has 0 aromatic heterocycles. The Balaban J connectivity index is 1.28. The van der Waals surface area contributed by atoms with Gasteiger partial charge in [0.15, 0.2) is 0 Å². The normalized spacial score (nSPS) is 10.9. The first kappa shape index (κ1) is 20.9. The van der Waals surface area contributed by atoms with Gasteiger partial charge in [0.25, 0.3) is 0 Å². The second-order valence-electron chi connectivity index (χ2n) is 8.76. The molecule has 35 heavy (non-hydrogen) atoms. The lowest BCUT2D eigenvalue weighted by atomic mass is 9.93. The lowest BCUT2D eigenvalue weighted by Gasteiger charge is -2.12. The average Bonchev–Trinajstić information content (AvgIpc) is 2.94. The first-order chi connectivity index (χ1) is 17.3. The average molecular weight is 448 g/mol. The lowest BCUT2D eigenvalue weighted by Crippen LogP contribution is -1.90. The van der Waals surface area contributed by atoms with Crippen molar-refractivity contribution in [3.05, 3.63) is 146 Å². The van der Waals surface area contributed by atoms with Crippen molar-refractivity contribution in [1.29, 1.82) is 0 Å². The van der Waals surface area contributed by atoms with E-state index in [1.54, 1.807) is 0 Å². The SMILES string of the molecule is c1ccc(-c2ccc(Nc3ccc(-c4cc(-c5ccccc5)c5ccccc5c4)cc3)cc2)cc1. The third-order valence-electron chi connectivity index (χ3n) is 6.45. The predicted molar refractivity (Wildman–Crippen MR) is 150 cm³/mol. The fraction of sp³-hybridized carbons (Fsp3) is 0. The third-order valence-corrected chi connectivity index (χ3v) is 6.45. The topological polar surface area (TPSA) is 12.0 Å². The molecular formula is C34H25N. The highest BCUT2D eigenvalue weighted by molar-refractivity contribution is 6.00. The van der Waals surface area contributed by atoms with Gasteiger partial charge in [0.1, 0.15) is 0 Å². The maximum atomic E-state index is 3.53. The second kappa shape index (κ2) is 9.32. The van der Waals surface area contributed by atoms with Gasteiger partial charge in [-0.15, -0.1) is 0 Å². The van der Waals surface area contributed by atoms with Gasteiger partial charge in [-0.05, 0) is 80.6 Å². The van der Waals surface area contributed by atoms with Gasteiger partial charge in [0, 0.05) is 11.4 Å². The summed E-state index contributed by atoms with van der Waals surface area (Å²) in [5, 5.41) is 6.06. The molecule has 0 saturated heterocycles. The monoisotopic (exact) mass is 447 g/mol. The number of rotatable bonds is 5. The molecule has 0 aliphatic rings. The van der Waals surface area contributed by atoms with Crippen molar-refractivity contribution >= 4 is 22.1 Å². The van der Waals surface area contributed by atoms with Gasteiger partial charge in [0.05, 0.1) is 0 Å². The van der Waals surface area contributed by atoms with Crippen molar-refractivity contribution in [3.63, 3.8) is 0 Å². The summed E-state index contributed by atoms with van der Waals surface area (Å²) in [6.45, 7) is 0. The molecule has 0 atom stereocenters. The first-order valence-corrected chi connectivity index (χ1v) is 11.9. The fourth-order valence-electron chi connectivity index (χ4n) is 4.62. The van der Waals surface area contributed by atoms with Crippen molar-refractivity contribution in [2.24, 2.45) is 0 Å². The number of anilines is 2. The molecule has 0 radical (unpaired) electrons. The van der Waals surface area contributed by atoms with Crippen LogP contribution in [0.4, 0.5) is 11.4 Å². The van der Waals surface area contributed by atoms with Crippen LogP contribution in [0.3, 0.4) is 0 Å². The van der Waals surface area contributed by atoms with Crippen LogP contribution in [0.25, 0.3) is 44.2 Å². The van der Waals surface area contributed by atoms with Crippen LogP contribution in [0.5, 0.6) is 0 Å². The summed E-state index contributed by atoms with van der Waals surface area (Å²) in [7, 11) is 0. The van der Waals surface area contributed by atoms with E-state index in [9.17, 15) is 0 Å². The number of fused-ring (bicyclic) bond motifs is 1. The van der Waals surface area contributed by atoms with Crippen LogP contribution >= 0.6 is 0 Å². The molecule has 6 aromatic rings. The van der Waals surface area contributed by atoms with Crippen molar-refractivity contribution < 1.29 is 0 Å². The summed E-state index contributed by atoms with van der Waals surface area (Å²) in [6, 6.07) is 51.6. The molecule has 0 aliphatic heterocycles. The maximum Gasteiger partial charge on any atom is 0.0384 e. The molecular weight excluding hydrogens is 422 g/mol. The van der Waals surface area contributed by atoms with E-state index in [1.165, 1.54) is 44.2 Å². The quantitative estimate of drug-likeness (QED) is 0.277. The van der Waals surface area contributed by atoms with E-state index in [-0.39, 0.29) is 0 Å². The fourth-order valence-corrected chi connectivity index (χ4v) is 4.62. The molecule has 1 N–H and O–H groups in total. The van der Waals surface area contributed by atoms with Crippen LogP contribution < -0.4 is 5.32 Å². The van der Waals surface area contributed by atoms with Crippen LogP contribution in [0.15, 0.2) is 146 Å². The first-order valence-electron chi connectivity index (χ1n) is 11.9. The molecule has 1 heteroatoms. The Labute approximate surface area is 206 Å². The summed E-state index contributed by atoms with van der Waals surface area (Å²) in [5.41, 5.74) is 9.53. The van der Waals surface area contributed by atoms with Crippen LogP contribution in [-0.4, -0.2) is 0 Å². The molecule has 6 aromatic carbocycles. The van der Waals surface area contributed by atoms with Gasteiger partial charge in [-0.1, -0.05) is 109 Å². The van der Waals surface area contributed by atoms with Gasteiger partial charge in [-0.25, -0.2) is 0 Å². The van der Waals surface area contributed by atoms with Gasteiger partial charge >= 0.3 is 0 Å². The molecule has 0 spiro atoms. The van der Waals surface area contributed by atoms with E-state index in [0.717, 1.165) is 11.4 Å². The van der Waals surface area contributed by atoms with Crippen LogP contribution in [0, 0.1) is 0 Å². The summed E-state index contributed by atoms with van der Waals surface area (Å²) >= 11 is 0. The van der Waals surface area contributed by atoms with Crippen molar-refractivity contribution in [2.45, 2.75) is 0 Å². The lowest BCUT2D eigenvalue weighted by molar-refractivity contribution is 1.53. The van der Waals surface area contributed by atoms with E-state index in [0.29, 0.717) is 0 Å². The molecule has 6 rings (SSSR count). The smallest absolute Gasteiger partial charge is 0.0384 e. The number of hydrogen-bond acceptors (Lipinski definition) is 1. The van der Waals surface area contributed by atoms with E-state index in [4.69, 9.17) is 0 Å². The standard InChI is InChI=1S/C34H25N/c1-3-9-25(10-4-1)26-15-19-31(20-16-26)35-32-21-17-27(18-22-32)30-23-29-13-7-8-14-33(29)34(24-30)28-11-5-2-6-12-28/h1-24,35H. The van der Waals surface area contributed by atoms with Crippen molar-refractivity contribution in [1.82, 2.24) is 0 Å². The number of nitrogens with one attached hydrogen (secondary N) is 1. The Morgan fingerprint density at radius 2 is 0.829 bits per heavy atom. The molecule has 0 heterocycles. The van der Waals surface area contributed by atoms with Gasteiger partial charge in [-0.2, -0.15) is 0 Å². The summed E-state index contributed by atoms with van der Waals surface area (Å²) in [6.07, 6.45) is 0. The van der Waals surface area contributed by atoms with Crippen LogP contribution in [-0.2, 0) is 0 Å². The zero-order valence-corrected chi connectivity index (χ0v) is 19.4. The Hall–Kier alpha value is -4.62. The highest BCUT2D eigenvalue weighted by Gasteiger charge is 2.08. The maximum absolute atomic E-state index is 3.53. The van der Waals surface area contributed by atoms with E-state index in [2.05, 4.69) is 145 Å². The van der Waals surface area contributed by atoms with Crippen LogP contribution in [0.1, 0.15) is 0 Å². The Morgan fingerprint density at radius 1 is 0.343 bits per heavy atom. The van der Waals surface area contributed by atoms with E-state index >= 15 is 0 Å². The largest absolute Gasteiger partial charge is 0.356 e. The molecule has 0 bridgehead atoms. The second-order valence-corrected chi connectivity index (χ2v) is 8.76. The molecule has 0 unspecified atom stereocenters. The molecule has 1 nitrogen and oxygen atoms in total. The number of hydrogen-bond donors (Lipinski definition) is 1. The van der Waals surface area contributed by atoms with Crippen molar-refractivity contribution in [2.75, 3.05) is 5.32 Å². The van der Waals surface area contributed by atoms with Gasteiger partial charge in [-0.3, -0.25) is 0 Å².